The standard InChI is InChI=1S/C15H21FN2O2S/c16-11-5-6-14(13(17)9-11)18-15(19)4-2-8-21-10-12-3-1-7-20-12/h5-6,9,12H,1-4,7-8,10,17H2,(H,18,19). The summed E-state index contributed by atoms with van der Waals surface area (Å²) in [6.07, 6.45) is 3.95. The number of rotatable bonds is 7. The van der Waals surface area contributed by atoms with Gasteiger partial charge in [0, 0.05) is 18.8 Å². The van der Waals surface area contributed by atoms with Gasteiger partial charge in [0.1, 0.15) is 5.82 Å². The summed E-state index contributed by atoms with van der Waals surface area (Å²) in [7, 11) is 0. The Hall–Kier alpha value is -1.27. The predicted octanol–water partition coefficient (Wildman–Crippen LogP) is 3.04. The number of amides is 1. The monoisotopic (exact) mass is 312 g/mol. The third kappa shape index (κ3) is 5.55. The van der Waals surface area contributed by atoms with Gasteiger partial charge in [0.05, 0.1) is 17.5 Å². The molecule has 3 N–H and O–H groups in total. The number of halogens is 1. The number of carbonyl (C=O) groups is 1. The van der Waals surface area contributed by atoms with Gasteiger partial charge in [-0.15, -0.1) is 0 Å². The lowest BCUT2D eigenvalue weighted by Gasteiger charge is -2.09. The van der Waals surface area contributed by atoms with Crippen LogP contribution in [0.15, 0.2) is 18.2 Å². The molecule has 21 heavy (non-hydrogen) atoms. The van der Waals surface area contributed by atoms with E-state index in [2.05, 4.69) is 5.32 Å². The lowest BCUT2D eigenvalue weighted by molar-refractivity contribution is -0.116. The minimum absolute atomic E-state index is 0.0916. The van der Waals surface area contributed by atoms with Gasteiger partial charge in [-0.05, 0) is 43.2 Å². The Morgan fingerprint density at radius 1 is 1.52 bits per heavy atom. The van der Waals surface area contributed by atoms with Crippen molar-refractivity contribution < 1.29 is 13.9 Å². The first kappa shape index (κ1) is 16.1. The fourth-order valence-corrected chi connectivity index (χ4v) is 3.23. The molecule has 1 aliphatic rings. The van der Waals surface area contributed by atoms with Crippen LogP contribution in [0.5, 0.6) is 0 Å². The van der Waals surface area contributed by atoms with Crippen molar-refractivity contribution in [3.63, 3.8) is 0 Å². The van der Waals surface area contributed by atoms with Gasteiger partial charge in [0.25, 0.3) is 0 Å². The second kappa shape index (κ2) is 8.24. The molecule has 1 saturated heterocycles. The maximum atomic E-state index is 12.9. The Bertz CT molecular complexity index is 479. The molecule has 1 aliphatic heterocycles. The Labute approximate surface area is 128 Å². The Morgan fingerprint density at radius 2 is 2.38 bits per heavy atom. The van der Waals surface area contributed by atoms with Crippen molar-refractivity contribution in [2.24, 2.45) is 0 Å². The maximum absolute atomic E-state index is 12.9. The first-order valence-corrected chi connectivity index (χ1v) is 8.35. The van der Waals surface area contributed by atoms with Gasteiger partial charge in [-0.2, -0.15) is 11.8 Å². The molecule has 1 unspecified atom stereocenters. The molecule has 6 heteroatoms. The molecule has 2 rings (SSSR count). The molecule has 0 saturated carbocycles. The van der Waals surface area contributed by atoms with Crippen molar-refractivity contribution in [1.82, 2.24) is 0 Å². The molecule has 1 amide bonds. The van der Waals surface area contributed by atoms with E-state index in [0.717, 1.165) is 37.4 Å². The van der Waals surface area contributed by atoms with Crippen molar-refractivity contribution in [2.75, 3.05) is 29.2 Å². The van der Waals surface area contributed by atoms with Crippen LogP contribution in [0.3, 0.4) is 0 Å². The third-order valence-electron chi connectivity index (χ3n) is 3.31. The first-order chi connectivity index (χ1) is 10.1. The van der Waals surface area contributed by atoms with Gasteiger partial charge in [-0.1, -0.05) is 0 Å². The summed E-state index contributed by atoms with van der Waals surface area (Å²) >= 11 is 1.82. The molecule has 1 atom stereocenters. The lowest BCUT2D eigenvalue weighted by Crippen LogP contribution is -2.13. The van der Waals surface area contributed by atoms with E-state index in [0.29, 0.717) is 18.2 Å². The topological polar surface area (TPSA) is 64.3 Å². The third-order valence-corrected chi connectivity index (χ3v) is 4.49. The van der Waals surface area contributed by atoms with Crippen LogP contribution < -0.4 is 11.1 Å². The number of benzene rings is 1. The average Bonchev–Trinajstić information content (AvgIpc) is 2.95. The fourth-order valence-electron chi connectivity index (χ4n) is 2.19. The highest BCUT2D eigenvalue weighted by Gasteiger charge is 2.14. The smallest absolute Gasteiger partial charge is 0.224 e. The molecule has 0 aromatic heterocycles. The Kier molecular flexibility index (Phi) is 6.32. The summed E-state index contributed by atoms with van der Waals surface area (Å²) in [5.74, 6) is 1.45. The van der Waals surface area contributed by atoms with E-state index in [9.17, 15) is 9.18 Å². The maximum Gasteiger partial charge on any atom is 0.224 e. The first-order valence-electron chi connectivity index (χ1n) is 7.19. The number of nitrogens with one attached hydrogen (secondary N) is 1. The van der Waals surface area contributed by atoms with Crippen molar-refractivity contribution in [3.8, 4) is 0 Å². The van der Waals surface area contributed by atoms with Gasteiger partial charge >= 0.3 is 0 Å². The molecule has 0 bridgehead atoms. The van der Waals surface area contributed by atoms with Crippen LogP contribution in [-0.2, 0) is 9.53 Å². The molecule has 0 radical (unpaired) electrons. The number of nitrogens with two attached hydrogens (primary N) is 1. The number of anilines is 2. The summed E-state index contributed by atoms with van der Waals surface area (Å²) in [6.45, 7) is 0.882. The summed E-state index contributed by atoms with van der Waals surface area (Å²) in [5.41, 5.74) is 6.36. The number of thioether (sulfide) groups is 1. The summed E-state index contributed by atoms with van der Waals surface area (Å²) in [5, 5.41) is 2.70. The quantitative estimate of drug-likeness (QED) is 0.600. The van der Waals surface area contributed by atoms with Crippen LogP contribution in [0.1, 0.15) is 25.7 Å². The van der Waals surface area contributed by atoms with Gasteiger partial charge in [-0.25, -0.2) is 4.39 Å². The molecule has 4 nitrogen and oxygen atoms in total. The van der Waals surface area contributed by atoms with Crippen molar-refractivity contribution >= 4 is 29.0 Å². The predicted molar refractivity (Wildman–Crippen MR) is 85.0 cm³/mol. The second-order valence-electron chi connectivity index (χ2n) is 5.09. The highest BCUT2D eigenvalue weighted by Crippen LogP contribution is 2.20. The van der Waals surface area contributed by atoms with Gasteiger partial charge in [0.15, 0.2) is 0 Å². The summed E-state index contributed by atoms with van der Waals surface area (Å²) in [4.78, 5) is 11.8. The molecular formula is C15H21FN2O2S. The minimum atomic E-state index is -0.406. The van der Waals surface area contributed by atoms with E-state index in [-0.39, 0.29) is 11.6 Å². The van der Waals surface area contributed by atoms with Crippen LogP contribution >= 0.6 is 11.8 Å². The highest BCUT2D eigenvalue weighted by molar-refractivity contribution is 7.99. The molecule has 116 valence electrons. The van der Waals surface area contributed by atoms with E-state index < -0.39 is 5.82 Å². The normalized spacial score (nSPS) is 17.9. The van der Waals surface area contributed by atoms with E-state index >= 15 is 0 Å². The number of nitrogen functional groups attached to an aromatic ring is 1. The van der Waals surface area contributed by atoms with Crippen molar-refractivity contribution in [1.29, 1.82) is 0 Å². The molecule has 1 aromatic rings. The van der Waals surface area contributed by atoms with Crippen LogP contribution in [0.2, 0.25) is 0 Å². The van der Waals surface area contributed by atoms with E-state index in [1.54, 1.807) is 0 Å². The molecule has 0 aliphatic carbocycles. The number of hydrogen-bond acceptors (Lipinski definition) is 4. The van der Waals surface area contributed by atoms with Crippen molar-refractivity contribution in [3.05, 3.63) is 24.0 Å². The molecule has 0 spiro atoms. The van der Waals surface area contributed by atoms with Crippen LogP contribution in [0.25, 0.3) is 0 Å². The SMILES string of the molecule is Nc1cc(F)ccc1NC(=O)CCCSCC1CCCO1. The lowest BCUT2D eigenvalue weighted by atomic mass is 10.2. The number of ether oxygens (including phenoxy) is 1. The summed E-state index contributed by atoms with van der Waals surface area (Å²) in [6, 6.07) is 3.96. The number of hydrogen-bond donors (Lipinski definition) is 2. The van der Waals surface area contributed by atoms with Crippen molar-refractivity contribution in [2.45, 2.75) is 31.8 Å². The number of carbonyl (C=O) groups excluding carboxylic acids is 1. The van der Waals surface area contributed by atoms with Crippen LogP contribution in [0, 0.1) is 5.82 Å². The minimum Gasteiger partial charge on any atom is -0.397 e. The zero-order valence-corrected chi connectivity index (χ0v) is 12.8. The van der Waals surface area contributed by atoms with Gasteiger partial charge < -0.3 is 15.8 Å². The molecule has 1 fully saturated rings. The van der Waals surface area contributed by atoms with E-state index in [4.69, 9.17) is 10.5 Å². The summed E-state index contributed by atoms with van der Waals surface area (Å²) < 4.78 is 18.4. The second-order valence-corrected chi connectivity index (χ2v) is 6.24. The zero-order chi connectivity index (χ0) is 15.1. The van der Waals surface area contributed by atoms with Gasteiger partial charge in [0.2, 0.25) is 5.91 Å². The van der Waals surface area contributed by atoms with E-state index in [1.807, 2.05) is 11.8 Å². The molecule has 1 aromatic carbocycles. The Morgan fingerprint density at radius 3 is 3.10 bits per heavy atom. The zero-order valence-electron chi connectivity index (χ0n) is 11.9. The average molecular weight is 312 g/mol. The fraction of sp³-hybridized carbons (Fsp3) is 0.533. The van der Waals surface area contributed by atoms with Crippen LogP contribution in [-0.4, -0.2) is 30.1 Å². The Balaban J connectivity index is 1.60. The largest absolute Gasteiger partial charge is 0.397 e. The van der Waals surface area contributed by atoms with Gasteiger partial charge in [-0.3, -0.25) is 4.79 Å². The highest BCUT2D eigenvalue weighted by atomic mass is 32.2. The van der Waals surface area contributed by atoms with Crippen LogP contribution in [0.4, 0.5) is 15.8 Å². The molecular weight excluding hydrogens is 291 g/mol. The van der Waals surface area contributed by atoms with E-state index in [1.165, 1.54) is 18.2 Å². The molecule has 1 heterocycles.